The van der Waals surface area contributed by atoms with Gasteiger partial charge in [0.25, 0.3) is 5.69 Å². The molecule has 0 aromatic heterocycles. The number of benzene rings is 1. The van der Waals surface area contributed by atoms with E-state index in [0.29, 0.717) is 6.07 Å². The average Bonchev–Trinajstić information content (AvgIpc) is 2.34. The summed E-state index contributed by atoms with van der Waals surface area (Å²) in [4.78, 5) is 21.4. The number of carbonyl (C=O) groups is 1. The molecular formula is C10H7BrF3NO5. The van der Waals surface area contributed by atoms with Crippen LogP contribution in [0, 0.1) is 10.1 Å². The van der Waals surface area contributed by atoms with Crippen LogP contribution in [0.4, 0.5) is 18.9 Å². The van der Waals surface area contributed by atoms with Crippen molar-refractivity contribution >= 4 is 27.6 Å². The van der Waals surface area contributed by atoms with Gasteiger partial charge >= 0.3 is 12.3 Å². The van der Waals surface area contributed by atoms with Crippen LogP contribution >= 0.6 is 15.9 Å². The van der Waals surface area contributed by atoms with E-state index in [4.69, 9.17) is 0 Å². The molecule has 0 aliphatic heterocycles. The van der Waals surface area contributed by atoms with Crippen molar-refractivity contribution in [3.05, 3.63) is 33.4 Å². The molecular weight excluding hydrogens is 351 g/mol. The fourth-order valence-electron chi connectivity index (χ4n) is 1.42. The molecule has 0 bridgehead atoms. The fourth-order valence-corrected chi connectivity index (χ4v) is 2.01. The Labute approximate surface area is 118 Å². The van der Waals surface area contributed by atoms with Crippen molar-refractivity contribution in [3.8, 4) is 5.75 Å². The van der Waals surface area contributed by atoms with Gasteiger partial charge in [0.15, 0.2) is 0 Å². The molecule has 0 unspecified atom stereocenters. The van der Waals surface area contributed by atoms with Crippen molar-refractivity contribution in [2.75, 3.05) is 7.11 Å². The molecule has 1 aromatic rings. The highest BCUT2D eigenvalue weighted by molar-refractivity contribution is 9.08. The first-order chi connectivity index (χ1) is 9.19. The van der Waals surface area contributed by atoms with Crippen LogP contribution in [0.5, 0.6) is 5.75 Å². The largest absolute Gasteiger partial charge is 0.573 e. The normalized spacial score (nSPS) is 11.1. The molecule has 0 amide bonds. The second kappa shape index (κ2) is 6.07. The molecule has 0 fully saturated rings. The van der Waals surface area contributed by atoms with Gasteiger partial charge in [0, 0.05) is 5.33 Å². The van der Waals surface area contributed by atoms with Crippen LogP contribution in [0.15, 0.2) is 12.1 Å². The zero-order chi connectivity index (χ0) is 15.5. The standard InChI is InChI=1S/C10H7BrF3NO5/c1-19-9(16)6-2-5(20-10(12,13)14)3-8(15(17)18)7(6)4-11/h2-3H,4H2,1H3. The van der Waals surface area contributed by atoms with Crippen LogP contribution in [0.3, 0.4) is 0 Å². The summed E-state index contributed by atoms with van der Waals surface area (Å²) in [7, 11) is 1.00. The molecule has 110 valence electrons. The zero-order valence-corrected chi connectivity index (χ0v) is 11.4. The summed E-state index contributed by atoms with van der Waals surface area (Å²) < 4.78 is 44.4. The monoisotopic (exact) mass is 357 g/mol. The third kappa shape index (κ3) is 3.83. The first-order valence-electron chi connectivity index (χ1n) is 4.91. The van der Waals surface area contributed by atoms with Crippen LogP contribution in [0.2, 0.25) is 0 Å². The maximum absolute atomic E-state index is 12.2. The van der Waals surface area contributed by atoms with E-state index in [2.05, 4.69) is 25.4 Å². The minimum Gasteiger partial charge on any atom is -0.465 e. The van der Waals surface area contributed by atoms with E-state index in [1.807, 2.05) is 0 Å². The number of methoxy groups -OCH3 is 1. The van der Waals surface area contributed by atoms with E-state index in [0.717, 1.165) is 13.2 Å². The second-order valence-electron chi connectivity index (χ2n) is 3.40. The lowest BCUT2D eigenvalue weighted by molar-refractivity contribution is -0.385. The maximum Gasteiger partial charge on any atom is 0.573 e. The van der Waals surface area contributed by atoms with Crippen molar-refractivity contribution in [2.45, 2.75) is 11.7 Å². The van der Waals surface area contributed by atoms with Gasteiger partial charge in [0.1, 0.15) is 5.75 Å². The van der Waals surface area contributed by atoms with Gasteiger partial charge < -0.3 is 9.47 Å². The highest BCUT2D eigenvalue weighted by Gasteiger charge is 2.33. The Morgan fingerprint density at radius 2 is 2.05 bits per heavy atom. The Morgan fingerprint density at radius 1 is 1.45 bits per heavy atom. The van der Waals surface area contributed by atoms with E-state index in [-0.39, 0.29) is 16.5 Å². The summed E-state index contributed by atoms with van der Waals surface area (Å²) in [5.41, 5.74) is -1.15. The Kier molecular flexibility index (Phi) is 4.93. The maximum atomic E-state index is 12.2. The van der Waals surface area contributed by atoms with Gasteiger partial charge in [0.2, 0.25) is 0 Å². The van der Waals surface area contributed by atoms with E-state index in [1.165, 1.54) is 0 Å². The second-order valence-corrected chi connectivity index (χ2v) is 3.96. The molecule has 0 N–H and O–H groups in total. The molecule has 0 heterocycles. The molecule has 1 aromatic carbocycles. The quantitative estimate of drug-likeness (QED) is 0.358. The fraction of sp³-hybridized carbons (Fsp3) is 0.300. The SMILES string of the molecule is COC(=O)c1cc(OC(F)(F)F)cc([N+](=O)[O-])c1CBr. The van der Waals surface area contributed by atoms with Gasteiger partial charge in [-0.1, -0.05) is 15.9 Å². The van der Waals surface area contributed by atoms with Gasteiger partial charge in [-0.25, -0.2) is 4.79 Å². The van der Waals surface area contributed by atoms with Gasteiger partial charge in [-0.05, 0) is 6.07 Å². The molecule has 0 saturated carbocycles. The van der Waals surface area contributed by atoms with Gasteiger partial charge in [0.05, 0.1) is 29.2 Å². The van der Waals surface area contributed by atoms with Crippen LogP contribution < -0.4 is 4.74 Å². The van der Waals surface area contributed by atoms with E-state index >= 15 is 0 Å². The number of hydrogen-bond donors (Lipinski definition) is 0. The number of nitrogens with zero attached hydrogens (tertiary/aromatic N) is 1. The first-order valence-corrected chi connectivity index (χ1v) is 6.03. The van der Waals surface area contributed by atoms with Gasteiger partial charge in [-0.2, -0.15) is 0 Å². The Morgan fingerprint density at radius 3 is 2.45 bits per heavy atom. The van der Waals surface area contributed by atoms with Gasteiger partial charge in [-0.15, -0.1) is 13.2 Å². The number of nitro benzene ring substituents is 1. The van der Waals surface area contributed by atoms with Crippen LogP contribution in [-0.2, 0) is 10.1 Å². The molecule has 0 spiro atoms. The molecule has 1 rings (SSSR count). The third-order valence-corrected chi connectivity index (χ3v) is 2.73. The van der Waals surface area contributed by atoms with Crippen LogP contribution in [-0.4, -0.2) is 24.4 Å². The van der Waals surface area contributed by atoms with Crippen LogP contribution in [0.25, 0.3) is 0 Å². The number of carbonyl (C=O) groups excluding carboxylic acids is 1. The lowest BCUT2D eigenvalue weighted by atomic mass is 10.1. The smallest absolute Gasteiger partial charge is 0.465 e. The van der Waals surface area contributed by atoms with Crippen molar-refractivity contribution in [1.82, 2.24) is 0 Å². The predicted octanol–water partition coefficient (Wildman–Crippen LogP) is 3.17. The molecule has 0 aliphatic carbocycles. The highest BCUT2D eigenvalue weighted by atomic mass is 79.9. The lowest BCUT2D eigenvalue weighted by Crippen LogP contribution is -2.18. The summed E-state index contributed by atoms with van der Waals surface area (Å²) >= 11 is 2.94. The zero-order valence-electron chi connectivity index (χ0n) is 9.86. The Hall–Kier alpha value is -1.84. The van der Waals surface area contributed by atoms with E-state index in [1.54, 1.807) is 0 Å². The summed E-state index contributed by atoms with van der Waals surface area (Å²) in [5, 5.41) is 10.7. The number of alkyl halides is 4. The minimum atomic E-state index is -5.03. The summed E-state index contributed by atoms with van der Waals surface area (Å²) in [6, 6.07) is 1.33. The third-order valence-electron chi connectivity index (χ3n) is 2.17. The van der Waals surface area contributed by atoms with Crippen molar-refractivity contribution < 1.29 is 32.4 Å². The Bertz CT molecular complexity index is 546. The van der Waals surface area contributed by atoms with Gasteiger partial charge in [-0.3, -0.25) is 10.1 Å². The van der Waals surface area contributed by atoms with Crippen molar-refractivity contribution in [3.63, 3.8) is 0 Å². The van der Waals surface area contributed by atoms with E-state index < -0.39 is 28.7 Å². The summed E-state index contributed by atoms with van der Waals surface area (Å²) in [5.74, 6) is -1.87. The molecule has 0 atom stereocenters. The number of rotatable bonds is 4. The lowest BCUT2D eigenvalue weighted by Gasteiger charge is -2.12. The molecule has 0 radical (unpaired) electrons. The van der Waals surface area contributed by atoms with Crippen molar-refractivity contribution in [2.24, 2.45) is 0 Å². The molecule has 0 saturated heterocycles. The number of esters is 1. The predicted molar refractivity (Wildman–Crippen MR) is 63.7 cm³/mol. The van der Waals surface area contributed by atoms with E-state index in [9.17, 15) is 28.1 Å². The molecule has 20 heavy (non-hydrogen) atoms. The minimum absolute atomic E-state index is 0.101. The molecule has 0 aliphatic rings. The number of nitro groups is 1. The van der Waals surface area contributed by atoms with Crippen LogP contribution in [0.1, 0.15) is 15.9 Å². The topological polar surface area (TPSA) is 78.7 Å². The number of ether oxygens (including phenoxy) is 2. The highest BCUT2D eigenvalue weighted by Crippen LogP contribution is 2.33. The molecule has 10 heteroatoms. The number of hydrogen-bond acceptors (Lipinski definition) is 5. The van der Waals surface area contributed by atoms with Crippen molar-refractivity contribution in [1.29, 1.82) is 0 Å². The molecule has 6 nitrogen and oxygen atoms in total. The first kappa shape index (κ1) is 16.2. The summed E-state index contributed by atoms with van der Waals surface area (Å²) in [6.07, 6.45) is -5.03. The summed E-state index contributed by atoms with van der Waals surface area (Å²) in [6.45, 7) is 0. The Balaban J connectivity index is 3.47. The average molecular weight is 358 g/mol. The number of halogens is 4.